The van der Waals surface area contributed by atoms with Gasteiger partial charge in [0.1, 0.15) is 0 Å². The molecule has 0 radical (unpaired) electrons. The van der Waals surface area contributed by atoms with Crippen molar-refractivity contribution >= 4 is 18.3 Å². The van der Waals surface area contributed by atoms with E-state index in [2.05, 4.69) is 32.0 Å². The van der Waals surface area contributed by atoms with Crippen molar-refractivity contribution in [3.8, 4) is 0 Å². The maximum absolute atomic E-state index is 11.6. The third-order valence-electron chi connectivity index (χ3n) is 3.74. The first-order valence-electron chi connectivity index (χ1n) is 6.07. The fourth-order valence-corrected chi connectivity index (χ4v) is 2.61. The summed E-state index contributed by atoms with van der Waals surface area (Å²) < 4.78 is 0. The summed E-state index contributed by atoms with van der Waals surface area (Å²) in [6.07, 6.45) is 3.84. The largest absolute Gasteiger partial charge is 0.369 e. The zero-order valence-electron chi connectivity index (χ0n) is 10.5. The molecule has 0 unspecified atom stereocenters. The van der Waals surface area contributed by atoms with E-state index in [1.54, 1.807) is 0 Å². The average Bonchev–Trinajstić information content (AvgIpc) is 3.09. The van der Waals surface area contributed by atoms with Gasteiger partial charge in [0, 0.05) is 0 Å². The molecule has 0 atom stereocenters. The molecule has 0 spiro atoms. The lowest BCUT2D eigenvalue weighted by molar-refractivity contribution is -0.120. The number of primary amides is 1. The van der Waals surface area contributed by atoms with Crippen LogP contribution in [0, 0.1) is 0 Å². The highest BCUT2D eigenvalue weighted by molar-refractivity contribution is 5.90. The quantitative estimate of drug-likeness (QED) is 0.881. The highest BCUT2D eigenvalue weighted by atomic mass is 35.5. The van der Waals surface area contributed by atoms with Gasteiger partial charge in [-0.3, -0.25) is 4.79 Å². The minimum absolute atomic E-state index is 0. The fraction of sp³-hybridized carbons (Fsp3) is 0.500. The van der Waals surface area contributed by atoms with Gasteiger partial charge in [0.25, 0.3) is 0 Å². The predicted octanol–water partition coefficient (Wildman–Crippen LogP) is 2.75. The van der Waals surface area contributed by atoms with Crippen molar-refractivity contribution in [3.05, 3.63) is 34.9 Å². The Kier molecular flexibility index (Phi) is 4.21. The first-order chi connectivity index (χ1) is 7.65. The second-order valence-electron chi connectivity index (χ2n) is 4.60. The minimum atomic E-state index is -0.337. The second kappa shape index (κ2) is 5.09. The van der Waals surface area contributed by atoms with Crippen LogP contribution >= 0.6 is 12.4 Å². The number of aryl methyl sites for hydroxylation is 1. The lowest BCUT2D eigenvalue weighted by Crippen LogP contribution is -2.29. The number of hydrogen-bond acceptors (Lipinski definition) is 1. The normalized spacial score (nSPS) is 16.1. The highest BCUT2D eigenvalue weighted by Gasteiger charge is 2.50. The van der Waals surface area contributed by atoms with Gasteiger partial charge in [-0.1, -0.05) is 32.0 Å². The van der Waals surface area contributed by atoms with Crippen molar-refractivity contribution in [2.45, 2.75) is 44.9 Å². The van der Waals surface area contributed by atoms with Crippen LogP contribution in [0.2, 0.25) is 0 Å². The first-order valence-corrected chi connectivity index (χ1v) is 6.07. The number of amides is 1. The standard InChI is InChI=1S/C14H19NO.ClH/c1-3-10-6-5-7-12(11(10)4-2)14(8-9-14)13(15)16;/h5-7H,3-4,8-9H2,1-2H3,(H2,15,16);1H. The van der Waals surface area contributed by atoms with Crippen molar-refractivity contribution in [1.29, 1.82) is 0 Å². The molecule has 2 nitrogen and oxygen atoms in total. The molecule has 2 rings (SSSR count). The summed E-state index contributed by atoms with van der Waals surface area (Å²) in [5, 5.41) is 0. The smallest absolute Gasteiger partial charge is 0.228 e. The number of carbonyl (C=O) groups is 1. The molecular formula is C14H20ClNO. The van der Waals surface area contributed by atoms with E-state index in [0.29, 0.717) is 0 Å². The highest BCUT2D eigenvalue weighted by Crippen LogP contribution is 2.49. The van der Waals surface area contributed by atoms with Crippen molar-refractivity contribution in [2.24, 2.45) is 5.73 Å². The van der Waals surface area contributed by atoms with Crippen LogP contribution < -0.4 is 5.73 Å². The van der Waals surface area contributed by atoms with Gasteiger partial charge in [-0.05, 0) is 42.4 Å². The minimum Gasteiger partial charge on any atom is -0.369 e. The van der Waals surface area contributed by atoms with Crippen LogP contribution in [0.15, 0.2) is 18.2 Å². The van der Waals surface area contributed by atoms with E-state index in [4.69, 9.17) is 5.73 Å². The Hall–Kier alpha value is -1.02. The van der Waals surface area contributed by atoms with Gasteiger partial charge >= 0.3 is 0 Å². The molecule has 1 aliphatic carbocycles. The molecule has 0 heterocycles. The van der Waals surface area contributed by atoms with Gasteiger partial charge in [-0.25, -0.2) is 0 Å². The van der Waals surface area contributed by atoms with Crippen molar-refractivity contribution in [2.75, 3.05) is 0 Å². The number of hydrogen-bond donors (Lipinski definition) is 1. The van der Waals surface area contributed by atoms with Crippen LogP contribution in [0.3, 0.4) is 0 Å². The Bertz CT molecular complexity index is 424. The average molecular weight is 254 g/mol. The van der Waals surface area contributed by atoms with Crippen molar-refractivity contribution in [3.63, 3.8) is 0 Å². The molecule has 1 aromatic carbocycles. The van der Waals surface area contributed by atoms with Gasteiger partial charge in [0.05, 0.1) is 5.41 Å². The van der Waals surface area contributed by atoms with Crippen LogP contribution in [0.25, 0.3) is 0 Å². The van der Waals surface area contributed by atoms with Crippen molar-refractivity contribution < 1.29 is 4.79 Å². The third-order valence-corrected chi connectivity index (χ3v) is 3.74. The number of benzene rings is 1. The molecule has 2 N–H and O–H groups in total. The Morgan fingerprint density at radius 1 is 1.29 bits per heavy atom. The molecule has 1 saturated carbocycles. The summed E-state index contributed by atoms with van der Waals surface area (Å²) >= 11 is 0. The molecule has 0 bridgehead atoms. The Morgan fingerprint density at radius 3 is 2.35 bits per heavy atom. The van der Waals surface area contributed by atoms with E-state index in [0.717, 1.165) is 25.7 Å². The summed E-state index contributed by atoms with van der Waals surface area (Å²) in [5.74, 6) is -0.157. The van der Waals surface area contributed by atoms with Gasteiger partial charge < -0.3 is 5.73 Å². The topological polar surface area (TPSA) is 43.1 Å². The molecule has 17 heavy (non-hydrogen) atoms. The molecule has 0 saturated heterocycles. The summed E-state index contributed by atoms with van der Waals surface area (Å²) in [6, 6.07) is 6.28. The number of halogens is 1. The van der Waals surface area contributed by atoms with Gasteiger partial charge in [0.2, 0.25) is 5.91 Å². The van der Waals surface area contributed by atoms with E-state index >= 15 is 0 Å². The maximum Gasteiger partial charge on any atom is 0.228 e. The summed E-state index contributed by atoms with van der Waals surface area (Å²) in [7, 11) is 0. The summed E-state index contributed by atoms with van der Waals surface area (Å²) in [4.78, 5) is 11.6. The fourth-order valence-electron chi connectivity index (χ4n) is 2.61. The van der Waals surface area contributed by atoms with E-state index in [1.165, 1.54) is 16.7 Å². The Balaban J connectivity index is 0.00000144. The molecule has 1 aromatic rings. The van der Waals surface area contributed by atoms with E-state index in [9.17, 15) is 4.79 Å². The molecule has 1 aliphatic rings. The van der Waals surface area contributed by atoms with Gasteiger partial charge in [-0.15, -0.1) is 12.4 Å². The van der Waals surface area contributed by atoms with E-state index in [-0.39, 0.29) is 23.7 Å². The maximum atomic E-state index is 11.6. The first kappa shape index (κ1) is 14.0. The lowest BCUT2D eigenvalue weighted by atomic mass is 9.86. The molecule has 94 valence electrons. The van der Waals surface area contributed by atoms with Gasteiger partial charge in [-0.2, -0.15) is 0 Å². The van der Waals surface area contributed by atoms with Crippen molar-refractivity contribution in [1.82, 2.24) is 0 Å². The summed E-state index contributed by atoms with van der Waals surface area (Å²) in [5.41, 5.74) is 9.08. The SMILES string of the molecule is CCc1cccc(C2(C(N)=O)CC2)c1CC.Cl. The van der Waals surface area contributed by atoms with E-state index < -0.39 is 0 Å². The molecule has 0 aromatic heterocycles. The Morgan fingerprint density at radius 2 is 1.94 bits per heavy atom. The molecular weight excluding hydrogens is 234 g/mol. The summed E-state index contributed by atoms with van der Waals surface area (Å²) in [6.45, 7) is 4.30. The number of carbonyl (C=O) groups excluding carboxylic acids is 1. The third kappa shape index (κ3) is 2.19. The molecule has 1 amide bonds. The second-order valence-corrected chi connectivity index (χ2v) is 4.60. The molecule has 0 aliphatic heterocycles. The zero-order chi connectivity index (χ0) is 11.8. The van der Waals surface area contributed by atoms with Crippen LogP contribution in [-0.4, -0.2) is 5.91 Å². The van der Waals surface area contributed by atoms with Crippen LogP contribution in [0.4, 0.5) is 0 Å². The number of rotatable bonds is 4. The van der Waals surface area contributed by atoms with E-state index in [1.807, 2.05) is 0 Å². The lowest BCUT2D eigenvalue weighted by Gasteiger charge is -2.18. The van der Waals surface area contributed by atoms with Crippen LogP contribution in [-0.2, 0) is 23.1 Å². The molecule has 3 heteroatoms. The van der Waals surface area contributed by atoms with Crippen LogP contribution in [0.1, 0.15) is 43.4 Å². The molecule has 1 fully saturated rings. The zero-order valence-corrected chi connectivity index (χ0v) is 11.3. The predicted molar refractivity (Wildman–Crippen MR) is 72.6 cm³/mol. The Labute approximate surface area is 109 Å². The van der Waals surface area contributed by atoms with Crippen LogP contribution in [0.5, 0.6) is 0 Å². The monoisotopic (exact) mass is 253 g/mol. The number of nitrogens with two attached hydrogens (primary N) is 1. The van der Waals surface area contributed by atoms with Gasteiger partial charge in [0.15, 0.2) is 0 Å².